The van der Waals surface area contributed by atoms with E-state index in [9.17, 15) is 24.0 Å². The molecule has 1 aromatic carbocycles. The van der Waals surface area contributed by atoms with Crippen molar-refractivity contribution < 1.29 is 29.1 Å². The highest BCUT2D eigenvalue weighted by atomic mass is 16.4. The van der Waals surface area contributed by atoms with Gasteiger partial charge < -0.3 is 32.5 Å². The molecule has 4 amide bonds. The lowest BCUT2D eigenvalue weighted by Gasteiger charge is -2.22. The predicted molar refractivity (Wildman–Crippen MR) is 102 cm³/mol. The van der Waals surface area contributed by atoms with Gasteiger partial charge in [0.25, 0.3) is 0 Å². The molecule has 0 aliphatic carbocycles. The molecule has 0 saturated carbocycles. The molecule has 11 heteroatoms. The standard InChI is InChI=1S/C18H25N5O6/c1-10(16(26)23-13(18(28)29)8-14(20)24)21-17(27)12(22-15(25)9-19)7-11-5-3-2-4-6-11/h2-6,10,12-13H,7-9,19H2,1H3,(H2,20,24)(H,21,27)(H,22,25)(H,23,26)(H,28,29)/t10-,12+,13-/m0/s1. The molecule has 3 atom stereocenters. The van der Waals surface area contributed by atoms with Crippen LogP contribution in [0.3, 0.4) is 0 Å². The Morgan fingerprint density at radius 1 is 0.966 bits per heavy atom. The molecule has 0 aliphatic rings. The number of amides is 4. The maximum atomic E-state index is 12.6. The van der Waals surface area contributed by atoms with Crippen LogP contribution in [0.4, 0.5) is 0 Å². The van der Waals surface area contributed by atoms with Crippen molar-refractivity contribution in [1.29, 1.82) is 0 Å². The average molecular weight is 407 g/mol. The van der Waals surface area contributed by atoms with Gasteiger partial charge in [-0.2, -0.15) is 0 Å². The Bertz CT molecular complexity index is 754. The summed E-state index contributed by atoms with van der Waals surface area (Å²) in [5, 5.41) is 16.1. The zero-order valence-electron chi connectivity index (χ0n) is 15.9. The van der Waals surface area contributed by atoms with Crippen molar-refractivity contribution in [2.75, 3.05) is 6.54 Å². The fourth-order valence-corrected chi connectivity index (χ4v) is 2.39. The molecule has 11 nitrogen and oxygen atoms in total. The molecule has 0 aliphatic heterocycles. The molecule has 1 aromatic rings. The molecule has 0 saturated heterocycles. The van der Waals surface area contributed by atoms with E-state index in [1.54, 1.807) is 30.3 Å². The van der Waals surface area contributed by atoms with Crippen LogP contribution in [0.15, 0.2) is 30.3 Å². The summed E-state index contributed by atoms with van der Waals surface area (Å²) in [7, 11) is 0. The summed E-state index contributed by atoms with van der Waals surface area (Å²) >= 11 is 0. The third kappa shape index (κ3) is 8.39. The summed E-state index contributed by atoms with van der Waals surface area (Å²) in [6.45, 7) is 1.02. The monoisotopic (exact) mass is 407 g/mol. The minimum absolute atomic E-state index is 0.159. The number of aliphatic carboxylic acids is 1. The van der Waals surface area contributed by atoms with Gasteiger partial charge in [0, 0.05) is 6.42 Å². The van der Waals surface area contributed by atoms with Crippen molar-refractivity contribution in [2.24, 2.45) is 11.5 Å². The van der Waals surface area contributed by atoms with Crippen molar-refractivity contribution in [2.45, 2.75) is 37.9 Å². The quantitative estimate of drug-likeness (QED) is 0.236. The first-order chi connectivity index (χ1) is 13.6. The van der Waals surface area contributed by atoms with Crippen LogP contribution in [-0.2, 0) is 30.4 Å². The molecule has 1 rings (SSSR count). The molecule has 0 unspecified atom stereocenters. The number of carbonyl (C=O) groups is 5. The second-order valence-electron chi connectivity index (χ2n) is 6.31. The van der Waals surface area contributed by atoms with Gasteiger partial charge in [-0.15, -0.1) is 0 Å². The zero-order valence-corrected chi connectivity index (χ0v) is 15.9. The Balaban J connectivity index is 2.80. The van der Waals surface area contributed by atoms with Gasteiger partial charge in [-0.3, -0.25) is 19.2 Å². The van der Waals surface area contributed by atoms with Gasteiger partial charge in [-0.25, -0.2) is 4.79 Å². The summed E-state index contributed by atoms with van der Waals surface area (Å²) < 4.78 is 0. The molecule has 29 heavy (non-hydrogen) atoms. The largest absolute Gasteiger partial charge is 0.480 e. The van der Waals surface area contributed by atoms with Crippen molar-refractivity contribution >= 4 is 29.6 Å². The van der Waals surface area contributed by atoms with E-state index in [-0.39, 0.29) is 13.0 Å². The van der Waals surface area contributed by atoms with E-state index in [4.69, 9.17) is 16.6 Å². The van der Waals surface area contributed by atoms with Gasteiger partial charge in [-0.1, -0.05) is 30.3 Å². The smallest absolute Gasteiger partial charge is 0.326 e. The second-order valence-corrected chi connectivity index (χ2v) is 6.31. The van der Waals surface area contributed by atoms with E-state index in [1.165, 1.54) is 6.92 Å². The van der Waals surface area contributed by atoms with E-state index in [0.717, 1.165) is 5.56 Å². The number of carbonyl (C=O) groups excluding carboxylic acids is 4. The van der Waals surface area contributed by atoms with Gasteiger partial charge in [0.1, 0.15) is 18.1 Å². The van der Waals surface area contributed by atoms with Crippen LogP contribution in [-0.4, -0.2) is 59.4 Å². The van der Waals surface area contributed by atoms with E-state index < -0.39 is 54.1 Å². The molecule has 0 spiro atoms. The number of hydrogen-bond acceptors (Lipinski definition) is 6. The number of carboxylic acid groups (broad SMARTS) is 1. The Labute approximate surface area is 167 Å². The Morgan fingerprint density at radius 3 is 2.10 bits per heavy atom. The third-order valence-corrected chi connectivity index (χ3v) is 3.89. The number of carboxylic acids is 1. The van der Waals surface area contributed by atoms with Gasteiger partial charge in [0.15, 0.2) is 0 Å². The molecule has 8 N–H and O–H groups in total. The second kappa shape index (κ2) is 11.4. The van der Waals surface area contributed by atoms with Crippen molar-refractivity contribution in [3.63, 3.8) is 0 Å². The fraction of sp³-hybridized carbons (Fsp3) is 0.389. The minimum atomic E-state index is -1.52. The van der Waals surface area contributed by atoms with Gasteiger partial charge in [0.05, 0.1) is 13.0 Å². The van der Waals surface area contributed by atoms with Crippen LogP contribution in [0.1, 0.15) is 18.9 Å². The van der Waals surface area contributed by atoms with Crippen LogP contribution in [0, 0.1) is 0 Å². The number of nitrogens with one attached hydrogen (secondary N) is 3. The van der Waals surface area contributed by atoms with E-state index in [0.29, 0.717) is 0 Å². The Hall–Kier alpha value is -3.47. The van der Waals surface area contributed by atoms with Gasteiger partial charge in [-0.05, 0) is 12.5 Å². The molecular weight excluding hydrogens is 382 g/mol. The van der Waals surface area contributed by atoms with Gasteiger partial charge >= 0.3 is 5.97 Å². The lowest BCUT2D eigenvalue weighted by atomic mass is 10.0. The number of rotatable bonds is 11. The summed E-state index contributed by atoms with van der Waals surface area (Å²) in [5.74, 6) is -4.36. The zero-order chi connectivity index (χ0) is 22.0. The lowest BCUT2D eigenvalue weighted by molar-refractivity contribution is -0.143. The van der Waals surface area contributed by atoms with Crippen molar-refractivity contribution in [1.82, 2.24) is 16.0 Å². The number of hydrogen-bond donors (Lipinski definition) is 6. The highest BCUT2D eigenvalue weighted by Gasteiger charge is 2.28. The average Bonchev–Trinajstić information content (AvgIpc) is 2.66. The van der Waals surface area contributed by atoms with E-state index in [1.807, 2.05) is 0 Å². The summed E-state index contributed by atoms with van der Waals surface area (Å²) in [6, 6.07) is 5.24. The first-order valence-corrected chi connectivity index (χ1v) is 8.79. The van der Waals surface area contributed by atoms with Crippen LogP contribution < -0.4 is 27.4 Å². The molecule has 0 radical (unpaired) electrons. The fourth-order valence-electron chi connectivity index (χ4n) is 2.39. The van der Waals surface area contributed by atoms with Crippen molar-refractivity contribution in [3.8, 4) is 0 Å². The number of nitrogens with two attached hydrogens (primary N) is 2. The lowest BCUT2D eigenvalue weighted by Crippen LogP contribution is -2.56. The molecular formula is C18H25N5O6. The molecule has 0 aromatic heterocycles. The first-order valence-electron chi connectivity index (χ1n) is 8.79. The Morgan fingerprint density at radius 2 is 1.59 bits per heavy atom. The maximum Gasteiger partial charge on any atom is 0.326 e. The SMILES string of the molecule is C[C@H](NC(=O)[C@@H](Cc1ccccc1)NC(=O)CN)C(=O)N[C@@H](CC(N)=O)C(=O)O. The van der Waals surface area contributed by atoms with Crippen LogP contribution in [0.25, 0.3) is 0 Å². The maximum absolute atomic E-state index is 12.6. The summed E-state index contributed by atoms with van der Waals surface area (Å²) in [5.41, 5.74) is 11.0. The van der Waals surface area contributed by atoms with Crippen molar-refractivity contribution in [3.05, 3.63) is 35.9 Å². The van der Waals surface area contributed by atoms with Crippen LogP contribution >= 0.6 is 0 Å². The molecule has 0 bridgehead atoms. The molecule has 158 valence electrons. The predicted octanol–water partition coefficient (Wildman–Crippen LogP) is -2.38. The highest BCUT2D eigenvalue weighted by molar-refractivity contribution is 5.94. The topological polar surface area (TPSA) is 194 Å². The van der Waals surface area contributed by atoms with E-state index >= 15 is 0 Å². The molecule has 0 heterocycles. The van der Waals surface area contributed by atoms with Crippen LogP contribution in [0.2, 0.25) is 0 Å². The van der Waals surface area contributed by atoms with Crippen LogP contribution in [0.5, 0.6) is 0 Å². The minimum Gasteiger partial charge on any atom is -0.480 e. The summed E-state index contributed by atoms with van der Waals surface area (Å²) in [6.07, 6.45) is -0.433. The van der Waals surface area contributed by atoms with E-state index in [2.05, 4.69) is 16.0 Å². The first kappa shape index (κ1) is 23.6. The van der Waals surface area contributed by atoms with Gasteiger partial charge in [0.2, 0.25) is 23.6 Å². The normalized spacial score (nSPS) is 13.4. The molecule has 0 fully saturated rings. The Kier molecular flexibility index (Phi) is 9.26. The number of primary amides is 1. The third-order valence-electron chi connectivity index (χ3n) is 3.89. The number of benzene rings is 1. The highest BCUT2D eigenvalue weighted by Crippen LogP contribution is 2.04. The summed E-state index contributed by atoms with van der Waals surface area (Å²) in [4.78, 5) is 58.5.